The highest BCUT2D eigenvalue weighted by Crippen LogP contribution is 2.38. The zero-order valence-electron chi connectivity index (χ0n) is 18.8. The second-order valence-corrected chi connectivity index (χ2v) is 8.27. The molecule has 0 amide bonds. The number of nitrogens with two attached hydrogens (primary N) is 1. The maximum Gasteiger partial charge on any atom is 0.142 e. The molecule has 3 aromatic carbocycles. The Balaban J connectivity index is 1.77. The summed E-state index contributed by atoms with van der Waals surface area (Å²) >= 11 is 6.24. The Morgan fingerprint density at radius 2 is 1.69 bits per heavy atom. The number of methoxy groups -OCH3 is 1. The van der Waals surface area contributed by atoms with E-state index in [1.54, 1.807) is 11.8 Å². The molecule has 0 saturated carbocycles. The summed E-state index contributed by atoms with van der Waals surface area (Å²) in [6.07, 6.45) is 1.88. The first-order valence-electron chi connectivity index (χ1n) is 10.8. The lowest BCUT2D eigenvalue weighted by molar-refractivity contribution is 0.415. The van der Waals surface area contributed by atoms with Crippen molar-refractivity contribution in [1.29, 1.82) is 5.26 Å². The molecule has 170 valence electrons. The van der Waals surface area contributed by atoms with Crippen LogP contribution in [0.3, 0.4) is 0 Å². The van der Waals surface area contributed by atoms with Gasteiger partial charge < -0.3 is 10.5 Å². The number of hydrogen-bond acceptors (Lipinski definition) is 5. The molecule has 6 nitrogen and oxygen atoms in total. The summed E-state index contributed by atoms with van der Waals surface area (Å²) in [6.45, 7) is 0. The average molecular weight is 478 g/mol. The molecule has 0 radical (unpaired) electrons. The molecule has 5 aromatic rings. The Labute approximate surface area is 207 Å². The first kappa shape index (κ1) is 22.2. The number of rotatable bonds is 5. The van der Waals surface area contributed by atoms with Gasteiger partial charge in [0.1, 0.15) is 28.9 Å². The average Bonchev–Trinajstić information content (AvgIpc) is 3.34. The van der Waals surface area contributed by atoms with Crippen molar-refractivity contribution in [2.24, 2.45) is 0 Å². The van der Waals surface area contributed by atoms with Crippen molar-refractivity contribution in [2.45, 2.75) is 0 Å². The Hall–Kier alpha value is -4.60. The van der Waals surface area contributed by atoms with Crippen LogP contribution in [0.25, 0.3) is 39.3 Å². The van der Waals surface area contributed by atoms with E-state index in [-0.39, 0.29) is 5.82 Å². The molecule has 0 saturated heterocycles. The van der Waals surface area contributed by atoms with Crippen molar-refractivity contribution >= 4 is 17.4 Å². The minimum atomic E-state index is 0.167. The number of nitrogens with zero attached hydrogens (tertiary/aromatic N) is 4. The van der Waals surface area contributed by atoms with E-state index in [1.165, 1.54) is 0 Å². The summed E-state index contributed by atoms with van der Waals surface area (Å²) in [5.74, 6) is 0.904. The van der Waals surface area contributed by atoms with Gasteiger partial charge in [0.25, 0.3) is 0 Å². The molecule has 35 heavy (non-hydrogen) atoms. The largest absolute Gasteiger partial charge is 0.497 e. The van der Waals surface area contributed by atoms with Crippen LogP contribution in [0.4, 0.5) is 5.82 Å². The summed E-state index contributed by atoms with van der Waals surface area (Å²) in [7, 11) is 1.62. The monoisotopic (exact) mass is 477 g/mol. The molecule has 2 heterocycles. The highest BCUT2D eigenvalue weighted by atomic mass is 35.5. The van der Waals surface area contributed by atoms with Crippen LogP contribution in [-0.2, 0) is 0 Å². The number of aromatic nitrogens is 3. The lowest BCUT2D eigenvalue weighted by Gasteiger charge is -2.10. The fourth-order valence-corrected chi connectivity index (χ4v) is 4.12. The highest BCUT2D eigenvalue weighted by molar-refractivity contribution is 6.30. The summed E-state index contributed by atoms with van der Waals surface area (Å²) in [6, 6.07) is 28.9. The van der Waals surface area contributed by atoms with E-state index in [2.05, 4.69) is 11.1 Å². The van der Waals surface area contributed by atoms with Crippen molar-refractivity contribution in [1.82, 2.24) is 14.8 Å². The molecule has 5 rings (SSSR count). The van der Waals surface area contributed by atoms with E-state index in [4.69, 9.17) is 27.2 Å². The lowest BCUT2D eigenvalue weighted by atomic mass is 9.96. The molecule has 2 aromatic heterocycles. The third-order valence-corrected chi connectivity index (χ3v) is 5.90. The summed E-state index contributed by atoms with van der Waals surface area (Å²) in [5.41, 5.74) is 11.9. The van der Waals surface area contributed by atoms with Gasteiger partial charge in [0.2, 0.25) is 0 Å². The predicted molar refractivity (Wildman–Crippen MR) is 138 cm³/mol. The normalized spacial score (nSPS) is 10.7. The second-order valence-electron chi connectivity index (χ2n) is 7.84. The topological polar surface area (TPSA) is 89.8 Å². The summed E-state index contributed by atoms with van der Waals surface area (Å²) < 4.78 is 7.07. The van der Waals surface area contributed by atoms with Crippen molar-refractivity contribution in [2.75, 3.05) is 12.8 Å². The molecular formula is C28H20ClN5O. The van der Waals surface area contributed by atoms with E-state index in [1.807, 2.05) is 91.1 Å². The number of anilines is 1. The smallest absolute Gasteiger partial charge is 0.142 e. The third-order valence-electron chi connectivity index (χ3n) is 5.67. The molecule has 0 aliphatic rings. The molecule has 0 spiro atoms. The number of benzene rings is 3. The minimum Gasteiger partial charge on any atom is -0.497 e. The van der Waals surface area contributed by atoms with Gasteiger partial charge in [-0.25, -0.2) is 9.67 Å². The first-order chi connectivity index (χ1) is 17.1. The lowest BCUT2D eigenvalue weighted by Crippen LogP contribution is -2.00. The Kier molecular flexibility index (Phi) is 5.92. The van der Waals surface area contributed by atoms with E-state index in [0.717, 1.165) is 28.1 Å². The maximum absolute atomic E-state index is 9.98. The van der Waals surface area contributed by atoms with Gasteiger partial charge in [0.15, 0.2) is 0 Å². The number of nitriles is 1. The molecule has 0 bridgehead atoms. The highest BCUT2D eigenvalue weighted by Gasteiger charge is 2.20. The van der Waals surface area contributed by atoms with Crippen LogP contribution in [0, 0.1) is 11.3 Å². The SMILES string of the molecule is COc1ccc(-c2nn(-c3cccc(Cl)c3)cc2-c2cc(-c3ccccc3)nc(N)c2C#N)cc1. The van der Waals surface area contributed by atoms with Crippen LogP contribution < -0.4 is 10.5 Å². The van der Waals surface area contributed by atoms with Crippen LogP contribution in [0.2, 0.25) is 5.02 Å². The fourth-order valence-electron chi connectivity index (χ4n) is 3.94. The van der Waals surface area contributed by atoms with E-state index >= 15 is 0 Å². The van der Waals surface area contributed by atoms with Crippen LogP contribution in [-0.4, -0.2) is 21.9 Å². The summed E-state index contributed by atoms with van der Waals surface area (Å²) in [5, 5.41) is 15.5. The predicted octanol–water partition coefficient (Wildman–Crippen LogP) is 6.38. The van der Waals surface area contributed by atoms with Gasteiger partial charge in [-0.05, 0) is 48.5 Å². The quantitative estimate of drug-likeness (QED) is 0.317. The van der Waals surface area contributed by atoms with Gasteiger partial charge >= 0.3 is 0 Å². The van der Waals surface area contributed by atoms with Crippen LogP contribution in [0.5, 0.6) is 5.75 Å². The van der Waals surface area contributed by atoms with Crippen molar-refractivity contribution in [3.63, 3.8) is 0 Å². The zero-order chi connectivity index (χ0) is 24.4. The number of pyridine rings is 1. The molecule has 7 heteroatoms. The van der Waals surface area contributed by atoms with Gasteiger partial charge in [0.05, 0.1) is 18.5 Å². The molecule has 0 fully saturated rings. The molecule has 0 aliphatic heterocycles. The standard InChI is InChI=1S/C28H20ClN5O/c1-35-22-12-10-19(11-13-22)27-25(17-34(33-27)21-9-5-8-20(29)14-21)23-15-26(18-6-3-2-4-7-18)32-28(31)24(23)16-30/h2-15,17H,1H3,(H2,31,32). The van der Waals surface area contributed by atoms with Gasteiger partial charge in [-0.1, -0.05) is 48.0 Å². The zero-order valence-corrected chi connectivity index (χ0v) is 19.6. The Morgan fingerprint density at radius 1 is 0.914 bits per heavy atom. The van der Waals surface area contributed by atoms with Crippen LogP contribution in [0.15, 0.2) is 91.1 Å². The maximum atomic E-state index is 9.98. The van der Waals surface area contributed by atoms with Crippen LogP contribution >= 0.6 is 11.6 Å². The third kappa shape index (κ3) is 4.33. The van der Waals surface area contributed by atoms with Gasteiger partial charge in [-0.15, -0.1) is 0 Å². The molecule has 0 aliphatic carbocycles. The minimum absolute atomic E-state index is 0.167. The van der Waals surface area contributed by atoms with E-state index in [9.17, 15) is 5.26 Å². The van der Waals surface area contributed by atoms with Crippen LogP contribution in [0.1, 0.15) is 5.56 Å². The van der Waals surface area contributed by atoms with Crippen molar-refractivity contribution < 1.29 is 4.74 Å². The second kappa shape index (κ2) is 9.34. The molecule has 0 atom stereocenters. The Morgan fingerprint density at radius 3 is 2.37 bits per heavy atom. The number of halogens is 1. The van der Waals surface area contributed by atoms with Gasteiger partial charge in [-0.3, -0.25) is 0 Å². The van der Waals surface area contributed by atoms with E-state index in [0.29, 0.717) is 27.5 Å². The van der Waals surface area contributed by atoms with Gasteiger partial charge in [0, 0.05) is 33.5 Å². The Bertz CT molecular complexity index is 1550. The number of nitrogen functional groups attached to an aromatic ring is 1. The number of ether oxygens (including phenoxy) is 1. The fraction of sp³-hybridized carbons (Fsp3) is 0.0357. The molecule has 2 N–H and O–H groups in total. The van der Waals surface area contributed by atoms with E-state index < -0.39 is 0 Å². The van der Waals surface area contributed by atoms with Gasteiger partial charge in [-0.2, -0.15) is 10.4 Å². The number of hydrogen-bond donors (Lipinski definition) is 1. The summed E-state index contributed by atoms with van der Waals surface area (Å²) in [4.78, 5) is 4.50. The molecule has 0 unspecified atom stereocenters. The van der Waals surface area contributed by atoms with Crippen molar-refractivity contribution in [3.8, 4) is 51.1 Å². The first-order valence-corrected chi connectivity index (χ1v) is 11.2. The van der Waals surface area contributed by atoms with Crippen molar-refractivity contribution in [3.05, 3.63) is 102 Å². The molecular weight excluding hydrogens is 458 g/mol.